The van der Waals surface area contributed by atoms with E-state index in [0.29, 0.717) is 16.3 Å². The lowest BCUT2D eigenvalue weighted by Crippen LogP contribution is -2.46. The average molecular weight is 371 g/mol. The second kappa shape index (κ2) is 7.62. The second-order valence-corrected chi connectivity index (χ2v) is 6.28. The molecule has 1 aliphatic rings. The summed E-state index contributed by atoms with van der Waals surface area (Å²) in [6, 6.07) is 15.5. The number of benzene rings is 2. The normalized spacial score (nSPS) is 17.1. The summed E-state index contributed by atoms with van der Waals surface area (Å²) in [5, 5.41) is 3.46. The first-order valence-electron chi connectivity index (χ1n) is 8.29. The Labute approximate surface area is 157 Å². The maximum atomic E-state index is 12.8. The van der Waals surface area contributed by atoms with E-state index >= 15 is 0 Å². The molecule has 0 spiro atoms. The lowest BCUT2D eigenvalue weighted by Gasteiger charge is -2.34. The van der Waals surface area contributed by atoms with Crippen LogP contribution in [0, 0.1) is 0 Å². The van der Waals surface area contributed by atoms with E-state index in [1.165, 1.54) is 4.90 Å². The molecule has 1 heterocycles. The van der Waals surface area contributed by atoms with Gasteiger partial charge in [-0.1, -0.05) is 54.1 Å². The van der Waals surface area contributed by atoms with Gasteiger partial charge in [0.25, 0.3) is 0 Å². The first kappa shape index (κ1) is 18.0. The maximum Gasteiger partial charge on any atom is 0.338 e. The summed E-state index contributed by atoms with van der Waals surface area (Å²) < 4.78 is 5.29. The molecule has 0 unspecified atom stereocenters. The van der Waals surface area contributed by atoms with Crippen LogP contribution < -0.4 is 5.32 Å². The van der Waals surface area contributed by atoms with E-state index in [0.717, 1.165) is 11.1 Å². The number of urea groups is 1. The molecule has 2 aromatic carbocycles. The molecule has 5 nitrogen and oxygen atoms in total. The molecule has 0 saturated carbocycles. The molecule has 3 rings (SSSR count). The molecular formula is C20H19ClN2O3. The third-order valence-electron chi connectivity index (χ3n) is 4.20. The quantitative estimate of drug-likeness (QED) is 0.827. The van der Waals surface area contributed by atoms with Crippen LogP contribution >= 0.6 is 11.6 Å². The van der Waals surface area contributed by atoms with Gasteiger partial charge in [-0.15, -0.1) is 0 Å². The lowest BCUT2D eigenvalue weighted by atomic mass is 9.92. The first-order valence-corrected chi connectivity index (χ1v) is 8.67. The lowest BCUT2D eigenvalue weighted by molar-refractivity contribution is -0.138. The SMILES string of the molecule is CCOC(=O)C1=C(c2ccccc2)N(C)C(=O)N[C@H]1c1ccc(Cl)cc1. The van der Waals surface area contributed by atoms with Gasteiger partial charge in [-0.3, -0.25) is 4.90 Å². The molecule has 6 heteroatoms. The predicted molar refractivity (Wildman–Crippen MR) is 100 cm³/mol. The zero-order valence-electron chi connectivity index (χ0n) is 14.5. The third-order valence-corrected chi connectivity index (χ3v) is 4.45. The maximum absolute atomic E-state index is 12.8. The van der Waals surface area contributed by atoms with E-state index in [9.17, 15) is 9.59 Å². The van der Waals surface area contributed by atoms with Gasteiger partial charge in [-0.05, 0) is 30.2 Å². The number of halogens is 1. The molecule has 0 bridgehead atoms. The predicted octanol–water partition coefficient (Wildman–Crippen LogP) is 4.01. The summed E-state index contributed by atoms with van der Waals surface area (Å²) in [4.78, 5) is 26.8. The van der Waals surface area contributed by atoms with Crippen molar-refractivity contribution in [1.29, 1.82) is 0 Å². The van der Waals surface area contributed by atoms with Crippen molar-refractivity contribution in [2.45, 2.75) is 13.0 Å². The summed E-state index contributed by atoms with van der Waals surface area (Å²) in [5.74, 6) is -0.460. The van der Waals surface area contributed by atoms with Gasteiger partial charge in [0.2, 0.25) is 0 Å². The van der Waals surface area contributed by atoms with Crippen molar-refractivity contribution < 1.29 is 14.3 Å². The molecule has 1 aliphatic heterocycles. The van der Waals surface area contributed by atoms with Crippen LogP contribution in [0.5, 0.6) is 0 Å². The number of rotatable bonds is 4. The van der Waals surface area contributed by atoms with Gasteiger partial charge in [-0.2, -0.15) is 0 Å². The Kier molecular flexibility index (Phi) is 5.28. The number of carbonyl (C=O) groups excluding carboxylic acids is 2. The number of ether oxygens (including phenoxy) is 1. The van der Waals surface area contributed by atoms with E-state index in [1.807, 2.05) is 30.3 Å². The highest BCUT2D eigenvalue weighted by Crippen LogP contribution is 2.36. The van der Waals surface area contributed by atoms with E-state index in [1.54, 1.807) is 38.2 Å². The fourth-order valence-electron chi connectivity index (χ4n) is 2.99. The molecule has 2 amide bonds. The summed E-state index contributed by atoms with van der Waals surface area (Å²) in [6.07, 6.45) is 0. The highest BCUT2D eigenvalue weighted by molar-refractivity contribution is 6.30. The minimum absolute atomic E-state index is 0.245. The van der Waals surface area contributed by atoms with Crippen LogP contribution in [0.4, 0.5) is 4.79 Å². The van der Waals surface area contributed by atoms with E-state index in [-0.39, 0.29) is 12.6 Å². The number of hydrogen-bond donors (Lipinski definition) is 1. The molecule has 0 saturated heterocycles. The number of esters is 1. The second-order valence-electron chi connectivity index (χ2n) is 5.84. The van der Waals surface area contributed by atoms with Gasteiger partial charge in [0, 0.05) is 12.1 Å². The van der Waals surface area contributed by atoms with E-state index in [4.69, 9.17) is 16.3 Å². The minimum Gasteiger partial charge on any atom is -0.463 e. The smallest absolute Gasteiger partial charge is 0.338 e. The van der Waals surface area contributed by atoms with Gasteiger partial charge in [-0.25, -0.2) is 9.59 Å². The zero-order chi connectivity index (χ0) is 18.7. The molecule has 1 atom stereocenters. The van der Waals surface area contributed by atoms with Gasteiger partial charge < -0.3 is 10.1 Å². The first-order chi connectivity index (χ1) is 12.5. The Balaban J connectivity index is 2.22. The van der Waals surface area contributed by atoms with Gasteiger partial charge >= 0.3 is 12.0 Å². The summed E-state index contributed by atoms with van der Waals surface area (Å²) in [7, 11) is 1.63. The van der Waals surface area contributed by atoms with Crippen molar-refractivity contribution in [3.05, 3.63) is 76.3 Å². The topological polar surface area (TPSA) is 58.6 Å². The molecule has 2 aromatic rings. The van der Waals surface area contributed by atoms with E-state index < -0.39 is 12.0 Å². The number of amides is 2. The summed E-state index contributed by atoms with van der Waals surface area (Å²) in [5.41, 5.74) is 2.45. The molecule has 0 aliphatic carbocycles. The highest BCUT2D eigenvalue weighted by atomic mass is 35.5. The monoisotopic (exact) mass is 370 g/mol. The molecular weight excluding hydrogens is 352 g/mol. The largest absolute Gasteiger partial charge is 0.463 e. The molecule has 0 fully saturated rings. The van der Waals surface area contributed by atoms with Gasteiger partial charge in [0.15, 0.2) is 0 Å². The van der Waals surface area contributed by atoms with Crippen LogP contribution in [-0.4, -0.2) is 30.6 Å². The number of nitrogens with zero attached hydrogens (tertiary/aromatic N) is 1. The third kappa shape index (κ3) is 3.44. The van der Waals surface area contributed by atoms with Crippen molar-refractivity contribution >= 4 is 29.3 Å². The Morgan fingerprint density at radius 3 is 2.42 bits per heavy atom. The average Bonchev–Trinajstić information content (AvgIpc) is 2.65. The minimum atomic E-state index is -0.620. The van der Waals surface area contributed by atoms with Crippen molar-refractivity contribution in [2.75, 3.05) is 13.7 Å². The fourth-order valence-corrected chi connectivity index (χ4v) is 3.11. The van der Waals surface area contributed by atoms with Gasteiger partial charge in [0.1, 0.15) is 0 Å². The van der Waals surface area contributed by atoms with Crippen LogP contribution in [-0.2, 0) is 9.53 Å². The van der Waals surface area contributed by atoms with Crippen LogP contribution in [0.15, 0.2) is 60.2 Å². The summed E-state index contributed by atoms with van der Waals surface area (Å²) >= 11 is 5.98. The summed E-state index contributed by atoms with van der Waals surface area (Å²) in [6.45, 7) is 2.00. The van der Waals surface area contributed by atoms with Crippen LogP contribution in [0.3, 0.4) is 0 Å². The number of hydrogen-bond acceptors (Lipinski definition) is 3. The van der Waals surface area contributed by atoms with Crippen LogP contribution in [0.2, 0.25) is 5.02 Å². The Bertz CT molecular complexity index is 847. The number of nitrogens with one attached hydrogen (secondary N) is 1. The van der Waals surface area contributed by atoms with Gasteiger partial charge in [0.05, 0.1) is 23.9 Å². The fraction of sp³-hybridized carbons (Fsp3) is 0.200. The zero-order valence-corrected chi connectivity index (χ0v) is 15.3. The number of carbonyl (C=O) groups is 2. The molecule has 0 aromatic heterocycles. The van der Waals surface area contributed by atoms with Crippen molar-refractivity contribution in [1.82, 2.24) is 10.2 Å². The van der Waals surface area contributed by atoms with Crippen molar-refractivity contribution in [3.63, 3.8) is 0 Å². The van der Waals surface area contributed by atoms with Crippen molar-refractivity contribution in [3.8, 4) is 0 Å². The van der Waals surface area contributed by atoms with Crippen LogP contribution in [0.25, 0.3) is 5.70 Å². The van der Waals surface area contributed by atoms with Crippen LogP contribution in [0.1, 0.15) is 24.1 Å². The Hall–Kier alpha value is -2.79. The Morgan fingerprint density at radius 1 is 1.15 bits per heavy atom. The van der Waals surface area contributed by atoms with E-state index in [2.05, 4.69) is 5.32 Å². The molecule has 0 radical (unpaired) electrons. The molecule has 1 N–H and O–H groups in total. The standard InChI is InChI=1S/C20H19ClN2O3/c1-3-26-19(24)16-17(13-9-11-15(21)12-10-13)22-20(25)23(2)18(16)14-7-5-4-6-8-14/h4-12,17H,3H2,1-2H3,(H,22,25)/t17-/m0/s1. The highest BCUT2D eigenvalue weighted by Gasteiger charge is 2.37. The van der Waals surface area contributed by atoms with Crippen molar-refractivity contribution in [2.24, 2.45) is 0 Å². The molecule has 134 valence electrons. The Morgan fingerprint density at radius 2 is 1.81 bits per heavy atom. The molecule has 26 heavy (non-hydrogen) atoms.